The Morgan fingerprint density at radius 3 is 2.30 bits per heavy atom. The molecule has 0 saturated carbocycles. The molecule has 4 rings (SSSR count). The number of carbonyl (C=O) groups excluding carboxylic acids is 1. The molecule has 0 aliphatic carbocycles. The molecule has 154 valence electrons. The van der Waals surface area contributed by atoms with Crippen LogP contribution in [-0.4, -0.2) is 47.0 Å². The topological polar surface area (TPSA) is 49.3 Å². The van der Waals surface area contributed by atoms with E-state index in [1.807, 2.05) is 36.1 Å². The van der Waals surface area contributed by atoms with Gasteiger partial charge in [0.1, 0.15) is 5.82 Å². The maximum absolute atomic E-state index is 12.6. The average molecular weight is 401 g/mol. The zero-order valence-corrected chi connectivity index (χ0v) is 17.7. The molecule has 1 aliphatic heterocycles. The Morgan fingerprint density at radius 1 is 0.900 bits per heavy atom. The SMILES string of the molecule is Cc1ccc(-c2nc(C)cc(N3CCN(C(=O)CCc4ccccc4)CC3)n2)cc1. The number of aromatic nitrogens is 2. The molecule has 1 aromatic heterocycles. The van der Waals surface area contributed by atoms with Gasteiger partial charge in [-0.15, -0.1) is 0 Å². The predicted molar refractivity (Wildman–Crippen MR) is 120 cm³/mol. The van der Waals surface area contributed by atoms with Crippen LogP contribution >= 0.6 is 0 Å². The van der Waals surface area contributed by atoms with Crippen LogP contribution in [0.25, 0.3) is 11.4 Å². The fourth-order valence-electron chi connectivity index (χ4n) is 3.78. The molecule has 1 saturated heterocycles. The summed E-state index contributed by atoms with van der Waals surface area (Å²) in [6.07, 6.45) is 1.36. The fraction of sp³-hybridized carbons (Fsp3) is 0.320. The van der Waals surface area contributed by atoms with Crippen molar-refractivity contribution in [3.8, 4) is 11.4 Å². The molecule has 0 spiro atoms. The second-order valence-electron chi connectivity index (χ2n) is 7.91. The Kier molecular flexibility index (Phi) is 6.07. The van der Waals surface area contributed by atoms with E-state index in [0.29, 0.717) is 6.42 Å². The summed E-state index contributed by atoms with van der Waals surface area (Å²) in [4.78, 5) is 26.3. The van der Waals surface area contributed by atoms with Gasteiger partial charge in [-0.25, -0.2) is 9.97 Å². The summed E-state index contributed by atoms with van der Waals surface area (Å²) in [6, 6.07) is 20.5. The highest BCUT2D eigenvalue weighted by molar-refractivity contribution is 5.76. The van der Waals surface area contributed by atoms with Crippen molar-refractivity contribution in [2.75, 3.05) is 31.1 Å². The summed E-state index contributed by atoms with van der Waals surface area (Å²) >= 11 is 0. The number of piperazine rings is 1. The van der Waals surface area contributed by atoms with Crippen LogP contribution in [0.1, 0.15) is 23.2 Å². The quantitative estimate of drug-likeness (QED) is 0.649. The summed E-state index contributed by atoms with van der Waals surface area (Å²) in [6.45, 7) is 7.13. The fourth-order valence-corrected chi connectivity index (χ4v) is 3.78. The Balaban J connectivity index is 1.38. The highest BCUT2D eigenvalue weighted by Gasteiger charge is 2.22. The van der Waals surface area contributed by atoms with Crippen LogP contribution in [0.3, 0.4) is 0 Å². The van der Waals surface area contributed by atoms with Crippen molar-refractivity contribution in [3.63, 3.8) is 0 Å². The summed E-state index contributed by atoms with van der Waals surface area (Å²) in [5, 5.41) is 0. The van der Waals surface area contributed by atoms with Crippen LogP contribution in [-0.2, 0) is 11.2 Å². The number of aryl methyl sites for hydroxylation is 3. The zero-order valence-electron chi connectivity index (χ0n) is 17.7. The van der Waals surface area contributed by atoms with Gasteiger partial charge in [-0.3, -0.25) is 4.79 Å². The van der Waals surface area contributed by atoms with Crippen LogP contribution in [0.4, 0.5) is 5.82 Å². The van der Waals surface area contributed by atoms with E-state index in [2.05, 4.69) is 53.2 Å². The van der Waals surface area contributed by atoms with E-state index in [0.717, 1.165) is 55.5 Å². The van der Waals surface area contributed by atoms with Gasteiger partial charge in [0.15, 0.2) is 5.82 Å². The molecule has 1 aliphatic rings. The van der Waals surface area contributed by atoms with Gasteiger partial charge in [0.05, 0.1) is 0 Å². The van der Waals surface area contributed by atoms with E-state index < -0.39 is 0 Å². The van der Waals surface area contributed by atoms with E-state index in [9.17, 15) is 4.79 Å². The van der Waals surface area contributed by atoms with E-state index in [-0.39, 0.29) is 5.91 Å². The number of rotatable bonds is 5. The Labute approximate surface area is 178 Å². The number of anilines is 1. The number of amides is 1. The third kappa shape index (κ3) is 4.85. The van der Waals surface area contributed by atoms with Crippen LogP contribution < -0.4 is 4.90 Å². The standard InChI is InChI=1S/C25H28N4O/c1-19-8-11-22(12-9-19)25-26-20(2)18-23(27-25)28-14-16-29(17-15-28)24(30)13-10-21-6-4-3-5-7-21/h3-9,11-12,18H,10,13-17H2,1-2H3. The molecule has 5 heteroatoms. The molecular formula is C25H28N4O. The van der Waals surface area contributed by atoms with Crippen LogP contribution in [0.15, 0.2) is 60.7 Å². The molecule has 3 aromatic rings. The summed E-state index contributed by atoms with van der Waals surface area (Å²) in [5.41, 5.74) is 4.42. The van der Waals surface area contributed by atoms with Crippen molar-refractivity contribution < 1.29 is 4.79 Å². The van der Waals surface area contributed by atoms with Crippen molar-refractivity contribution >= 4 is 11.7 Å². The van der Waals surface area contributed by atoms with Crippen molar-refractivity contribution in [2.45, 2.75) is 26.7 Å². The first-order chi connectivity index (χ1) is 14.6. The van der Waals surface area contributed by atoms with Crippen LogP contribution in [0.5, 0.6) is 0 Å². The lowest BCUT2D eigenvalue weighted by molar-refractivity contribution is -0.131. The molecule has 30 heavy (non-hydrogen) atoms. The van der Waals surface area contributed by atoms with Gasteiger partial charge in [0.25, 0.3) is 0 Å². The first-order valence-electron chi connectivity index (χ1n) is 10.6. The molecule has 5 nitrogen and oxygen atoms in total. The Bertz CT molecular complexity index is 993. The first kappa shape index (κ1) is 20.1. The van der Waals surface area contributed by atoms with Gasteiger partial charge in [-0.1, -0.05) is 60.2 Å². The molecule has 2 heterocycles. The second-order valence-corrected chi connectivity index (χ2v) is 7.91. The van der Waals surface area contributed by atoms with Crippen LogP contribution in [0, 0.1) is 13.8 Å². The van der Waals surface area contributed by atoms with Gasteiger partial charge in [-0.2, -0.15) is 0 Å². The molecule has 0 unspecified atom stereocenters. The van der Waals surface area contributed by atoms with E-state index >= 15 is 0 Å². The van der Waals surface area contributed by atoms with E-state index in [1.165, 1.54) is 11.1 Å². The molecule has 0 bridgehead atoms. The third-order valence-corrected chi connectivity index (χ3v) is 5.58. The Hall–Kier alpha value is -3.21. The molecule has 1 fully saturated rings. The minimum absolute atomic E-state index is 0.234. The summed E-state index contributed by atoms with van der Waals surface area (Å²) in [5.74, 6) is 1.93. The number of benzene rings is 2. The summed E-state index contributed by atoms with van der Waals surface area (Å²) in [7, 11) is 0. The molecule has 0 atom stereocenters. The smallest absolute Gasteiger partial charge is 0.223 e. The van der Waals surface area contributed by atoms with Gasteiger partial charge in [0, 0.05) is 49.9 Å². The van der Waals surface area contributed by atoms with Crippen LogP contribution in [0.2, 0.25) is 0 Å². The maximum Gasteiger partial charge on any atom is 0.223 e. The average Bonchev–Trinajstić information content (AvgIpc) is 2.78. The molecule has 1 amide bonds. The zero-order chi connectivity index (χ0) is 20.9. The lowest BCUT2D eigenvalue weighted by Gasteiger charge is -2.35. The van der Waals surface area contributed by atoms with Gasteiger partial charge < -0.3 is 9.80 Å². The van der Waals surface area contributed by atoms with E-state index in [1.54, 1.807) is 0 Å². The lowest BCUT2D eigenvalue weighted by Crippen LogP contribution is -2.49. The second kappa shape index (κ2) is 9.08. The predicted octanol–water partition coefficient (Wildman–Crippen LogP) is 4.04. The minimum Gasteiger partial charge on any atom is -0.353 e. The normalized spacial score (nSPS) is 14.1. The van der Waals surface area contributed by atoms with E-state index in [4.69, 9.17) is 4.98 Å². The number of nitrogens with zero attached hydrogens (tertiary/aromatic N) is 4. The van der Waals surface area contributed by atoms with Crippen molar-refractivity contribution in [3.05, 3.63) is 77.5 Å². The number of hydrogen-bond acceptors (Lipinski definition) is 4. The first-order valence-corrected chi connectivity index (χ1v) is 10.6. The minimum atomic E-state index is 0.234. The van der Waals surface area contributed by atoms with Gasteiger partial charge in [-0.05, 0) is 25.8 Å². The van der Waals surface area contributed by atoms with Crippen molar-refractivity contribution in [2.24, 2.45) is 0 Å². The van der Waals surface area contributed by atoms with Gasteiger partial charge in [0.2, 0.25) is 5.91 Å². The summed E-state index contributed by atoms with van der Waals surface area (Å²) < 4.78 is 0. The third-order valence-electron chi connectivity index (χ3n) is 5.58. The largest absolute Gasteiger partial charge is 0.353 e. The highest BCUT2D eigenvalue weighted by Crippen LogP contribution is 2.22. The number of hydrogen-bond donors (Lipinski definition) is 0. The lowest BCUT2D eigenvalue weighted by atomic mass is 10.1. The van der Waals surface area contributed by atoms with Gasteiger partial charge >= 0.3 is 0 Å². The molecular weight excluding hydrogens is 372 g/mol. The van der Waals surface area contributed by atoms with Crippen molar-refractivity contribution in [1.29, 1.82) is 0 Å². The monoisotopic (exact) mass is 400 g/mol. The Morgan fingerprint density at radius 2 is 1.60 bits per heavy atom. The molecule has 2 aromatic carbocycles. The maximum atomic E-state index is 12.6. The molecule has 0 radical (unpaired) electrons. The highest BCUT2D eigenvalue weighted by atomic mass is 16.2. The van der Waals surface area contributed by atoms with Crippen molar-refractivity contribution in [1.82, 2.24) is 14.9 Å². The molecule has 0 N–H and O–H groups in total. The number of carbonyl (C=O) groups is 1.